The largest absolute Gasteiger partial charge is 0.358 e. The van der Waals surface area contributed by atoms with Crippen LogP contribution in [0.25, 0.3) is 21.9 Å². The Hall–Kier alpha value is -2.72. The summed E-state index contributed by atoms with van der Waals surface area (Å²) >= 11 is 18.9. The third-order valence-electron chi connectivity index (χ3n) is 5.49. The fourth-order valence-corrected chi connectivity index (χ4v) is 4.50. The van der Waals surface area contributed by atoms with Gasteiger partial charge in [-0.15, -0.1) is 0 Å². The van der Waals surface area contributed by atoms with E-state index in [0.717, 1.165) is 13.1 Å². The van der Waals surface area contributed by atoms with E-state index in [0.29, 0.717) is 61.9 Å². The van der Waals surface area contributed by atoms with Crippen LogP contribution in [-0.2, 0) is 0 Å². The van der Waals surface area contributed by atoms with Gasteiger partial charge in [0.15, 0.2) is 11.6 Å². The van der Waals surface area contributed by atoms with Gasteiger partial charge < -0.3 is 15.6 Å². The number of nitrogens with zero attached hydrogens (tertiary/aromatic N) is 6. The van der Waals surface area contributed by atoms with E-state index in [1.165, 1.54) is 6.33 Å². The second-order valence-electron chi connectivity index (χ2n) is 7.63. The maximum Gasteiger partial charge on any atom is 0.281 e. The van der Waals surface area contributed by atoms with E-state index in [-0.39, 0.29) is 5.56 Å². The molecule has 0 amide bonds. The van der Waals surface area contributed by atoms with Crippen molar-refractivity contribution in [2.75, 3.05) is 36.5 Å². The monoisotopic (exact) mass is 504 g/mol. The molecule has 0 aliphatic carbocycles. The van der Waals surface area contributed by atoms with E-state index in [2.05, 4.69) is 25.6 Å². The molecule has 1 saturated heterocycles. The van der Waals surface area contributed by atoms with Crippen molar-refractivity contribution in [2.45, 2.75) is 13.0 Å². The van der Waals surface area contributed by atoms with Crippen LogP contribution in [0.5, 0.6) is 0 Å². The van der Waals surface area contributed by atoms with E-state index in [9.17, 15) is 4.79 Å². The molecule has 1 aromatic carbocycles. The van der Waals surface area contributed by atoms with Crippen molar-refractivity contribution in [2.24, 2.45) is 0 Å². The van der Waals surface area contributed by atoms with Crippen molar-refractivity contribution < 1.29 is 0 Å². The highest BCUT2D eigenvalue weighted by Gasteiger charge is 2.25. The van der Waals surface area contributed by atoms with Crippen LogP contribution < -0.4 is 21.2 Å². The van der Waals surface area contributed by atoms with Gasteiger partial charge in [0.2, 0.25) is 0 Å². The molecule has 9 nitrogen and oxygen atoms in total. The van der Waals surface area contributed by atoms with Crippen molar-refractivity contribution >= 4 is 62.6 Å². The van der Waals surface area contributed by atoms with Crippen molar-refractivity contribution in [3.05, 3.63) is 62.0 Å². The van der Waals surface area contributed by atoms with Gasteiger partial charge in [-0.2, -0.15) is 0 Å². The van der Waals surface area contributed by atoms with Crippen LogP contribution in [0.15, 0.2) is 35.4 Å². The molecule has 5 rings (SSSR count). The molecule has 4 heterocycles. The van der Waals surface area contributed by atoms with Gasteiger partial charge >= 0.3 is 0 Å². The second kappa shape index (κ2) is 8.90. The average Bonchev–Trinajstić information content (AvgIpc) is 2.82. The van der Waals surface area contributed by atoms with Crippen LogP contribution >= 0.6 is 34.8 Å². The standard InChI is InChI=1S/C21H19Cl3N8O/c1-11(28-19-18-14(26-10-27-19)4-5-15(24)29-18)20-30-17-13(23)3-2-12(22)16(17)21(33)32(20)31-8-6-25-7-9-31/h2-5,10-11,25H,6-9H2,1H3,(H,26,27,28)/t11-/m0/s1. The van der Waals surface area contributed by atoms with E-state index < -0.39 is 6.04 Å². The third kappa shape index (κ3) is 4.06. The van der Waals surface area contributed by atoms with Crippen LogP contribution in [0, 0.1) is 0 Å². The van der Waals surface area contributed by atoms with Gasteiger partial charge in [-0.05, 0) is 31.2 Å². The lowest BCUT2D eigenvalue weighted by molar-refractivity contribution is 0.461. The minimum atomic E-state index is -0.439. The Bertz CT molecular complexity index is 1420. The molecular weight excluding hydrogens is 487 g/mol. The number of aromatic nitrogens is 5. The molecule has 0 bridgehead atoms. The molecule has 170 valence electrons. The van der Waals surface area contributed by atoms with Crippen molar-refractivity contribution in [3.8, 4) is 0 Å². The summed E-state index contributed by atoms with van der Waals surface area (Å²) in [4.78, 5) is 31.4. The summed E-state index contributed by atoms with van der Waals surface area (Å²) in [6.07, 6.45) is 1.45. The Morgan fingerprint density at radius 3 is 2.55 bits per heavy atom. The minimum absolute atomic E-state index is 0.272. The SMILES string of the molecule is C[C@H](Nc1ncnc2ccc(Cl)nc12)c1nc2c(Cl)ccc(Cl)c2c(=O)n1N1CCNCC1. The van der Waals surface area contributed by atoms with Gasteiger partial charge in [0.25, 0.3) is 5.56 Å². The zero-order valence-corrected chi connectivity index (χ0v) is 19.8. The van der Waals surface area contributed by atoms with Crippen LogP contribution in [0.4, 0.5) is 5.82 Å². The van der Waals surface area contributed by atoms with Crippen LogP contribution in [0.1, 0.15) is 18.8 Å². The zero-order chi connectivity index (χ0) is 23.1. The molecule has 4 aromatic rings. The first-order valence-corrected chi connectivity index (χ1v) is 11.5. The lowest BCUT2D eigenvalue weighted by Gasteiger charge is -2.33. The van der Waals surface area contributed by atoms with Crippen LogP contribution in [-0.4, -0.2) is 50.8 Å². The molecule has 1 atom stereocenters. The fraction of sp³-hybridized carbons (Fsp3) is 0.286. The number of fused-ring (bicyclic) bond motifs is 2. The molecule has 1 aliphatic rings. The predicted molar refractivity (Wildman–Crippen MR) is 131 cm³/mol. The Kier molecular flexibility index (Phi) is 5.96. The van der Waals surface area contributed by atoms with Crippen molar-refractivity contribution in [3.63, 3.8) is 0 Å². The molecule has 1 aliphatic heterocycles. The molecule has 0 spiro atoms. The first kappa shape index (κ1) is 22.1. The summed E-state index contributed by atoms with van der Waals surface area (Å²) in [7, 11) is 0. The molecule has 12 heteroatoms. The molecule has 0 saturated carbocycles. The summed E-state index contributed by atoms with van der Waals surface area (Å²) in [6, 6.07) is 6.25. The lowest BCUT2D eigenvalue weighted by Crippen LogP contribution is -2.54. The smallest absolute Gasteiger partial charge is 0.281 e. The summed E-state index contributed by atoms with van der Waals surface area (Å²) in [6.45, 7) is 4.66. The summed E-state index contributed by atoms with van der Waals surface area (Å²) < 4.78 is 1.59. The minimum Gasteiger partial charge on any atom is -0.358 e. The number of halogens is 3. The molecule has 1 fully saturated rings. The van der Waals surface area contributed by atoms with Gasteiger partial charge in [0.05, 0.1) is 32.5 Å². The number of anilines is 1. The van der Waals surface area contributed by atoms with E-state index in [1.807, 2.05) is 11.9 Å². The average molecular weight is 506 g/mol. The number of nitrogens with one attached hydrogen (secondary N) is 2. The molecule has 33 heavy (non-hydrogen) atoms. The topological polar surface area (TPSA) is 101 Å². The second-order valence-corrected chi connectivity index (χ2v) is 8.84. The zero-order valence-electron chi connectivity index (χ0n) is 17.5. The van der Waals surface area contributed by atoms with Gasteiger partial charge in [0.1, 0.15) is 17.0 Å². The van der Waals surface area contributed by atoms with Gasteiger partial charge in [-0.25, -0.2) is 24.6 Å². The van der Waals surface area contributed by atoms with Crippen molar-refractivity contribution in [1.82, 2.24) is 29.9 Å². The number of piperazine rings is 1. The van der Waals surface area contributed by atoms with Gasteiger partial charge in [-0.3, -0.25) is 4.79 Å². The summed E-state index contributed by atoms with van der Waals surface area (Å²) in [5.74, 6) is 0.959. The van der Waals surface area contributed by atoms with E-state index in [1.54, 1.807) is 28.9 Å². The first-order chi connectivity index (χ1) is 15.9. The Morgan fingerprint density at radius 1 is 1.00 bits per heavy atom. The van der Waals surface area contributed by atoms with Crippen molar-refractivity contribution in [1.29, 1.82) is 0 Å². The number of hydrogen-bond acceptors (Lipinski definition) is 8. The number of rotatable bonds is 4. The summed E-state index contributed by atoms with van der Waals surface area (Å²) in [5.41, 5.74) is 1.25. The highest BCUT2D eigenvalue weighted by molar-refractivity contribution is 6.39. The van der Waals surface area contributed by atoms with Gasteiger partial charge in [-0.1, -0.05) is 34.8 Å². The summed E-state index contributed by atoms with van der Waals surface area (Å²) in [5, 5.41) is 9.86. The number of benzene rings is 1. The molecular formula is C21H19Cl3N8O. The molecule has 0 radical (unpaired) electrons. The molecule has 2 N–H and O–H groups in total. The molecule has 0 unspecified atom stereocenters. The number of hydrogen-bond donors (Lipinski definition) is 2. The maximum atomic E-state index is 13.7. The first-order valence-electron chi connectivity index (χ1n) is 10.3. The predicted octanol–water partition coefficient (Wildman–Crippen LogP) is 3.41. The highest BCUT2D eigenvalue weighted by Crippen LogP contribution is 2.29. The van der Waals surface area contributed by atoms with Crippen LogP contribution in [0.2, 0.25) is 15.2 Å². The Labute approximate surface area is 203 Å². The Morgan fingerprint density at radius 2 is 1.76 bits per heavy atom. The fourth-order valence-electron chi connectivity index (χ4n) is 3.92. The maximum absolute atomic E-state index is 13.7. The lowest BCUT2D eigenvalue weighted by atomic mass is 10.2. The van der Waals surface area contributed by atoms with E-state index >= 15 is 0 Å². The number of pyridine rings is 1. The van der Waals surface area contributed by atoms with Crippen LogP contribution in [0.3, 0.4) is 0 Å². The van der Waals surface area contributed by atoms with E-state index in [4.69, 9.17) is 39.8 Å². The Balaban J connectivity index is 1.67. The molecule has 3 aromatic heterocycles. The normalized spacial score (nSPS) is 15.2. The third-order valence-corrected chi connectivity index (χ3v) is 6.32. The van der Waals surface area contributed by atoms with Gasteiger partial charge in [0, 0.05) is 26.2 Å². The highest BCUT2D eigenvalue weighted by atomic mass is 35.5. The quantitative estimate of drug-likeness (QED) is 0.407.